The summed E-state index contributed by atoms with van der Waals surface area (Å²) in [6.07, 6.45) is 1.45. The Balaban J connectivity index is 2.31. The largest absolute Gasteiger partial charge is 0.489 e. The van der Waals surface area contributed by atoms with Crippen molar-refractivity contribution in [1.29, 1.82) is 0 Å². The number of aromatic nitrogens is 2. The molecule has 2 aromatic rings. The number of benzene rings is 1. The summed E-state index contributed by atoms with van der Waals surface area (Å²) in [7, 11) is 1.57. The molecule has 0 spiro atoms. The lowest BCUT2D eigenvalue weighted by Crippen LogP contribution is -2.04. The van der Waals surface area contributed by atoms with Gasteiger partial charge in [-0.05, 0) is 47.7 Å². The van der Waals surface area contributed by atoms with Crippen LogP contribution in [0.25, 0.3) is 0 Å². The Bertz CT molecular complexity index is 563. The van der Waals surface area contributed by atoms with Crippen LogP contribution in [0.3, 0.4) is 0 Å². The van der Waals surface area contributed by atoms with Crippen LogP contribution in [-0.2, 0) is 0 Å². The standard InChI is InChI=1S/C13H14IN3O2/c1-3-15-12-11(18-2)13(17-8-16-12)19-10-6-4-5-9(14)7-10/h4-8H,3H2,1-2H3,(H,15,16,17). The zero-order valence-corrected chi connectivity index (χ0v) is 12.8. The van der Waals surface area contributed by atoms with Gasteiger partial charge in [-0.1, -0.05) is 6.07 Å². The average Bonchev–Trinajstić information content (AvgIpc) is 2.39. The quantitative estimate of drug-likeness (QED) is 0.818. The van der Waals surface area contributed by atoms with E-state index < -0.39 is 0 Å². The van der Waals surface area contributed by atoms with Gasteiger partial charge in [-0.2, -0.15) is 4.98 Å². The fraction of sp³-hybridized carbons (Fsp3) is 0.231. The Morgan fingerprint density at radius 3 is 2.84 bits per heavy atom. The number of methoxy groups -OCH3 is 1. The number of hydrogen-bond donors (Lipinski definition) is 1. The minimum Gasteiger partial charge on any atom is -0.489 e. The van der Waals surface area contributed by atoms with Gasteiger partial charge < -0.3 is 14.8 Å². The maximum absolute atomic E-state index is 5.75. The van der Waals surface area contributed by atoms with Crippen LogP contribution >= 0.6 is 22.6 Å². The fourth-order valence-corrected chi connectivity index (χ4v) is 2.06. The van der Waals surface area contributed by atoms with Crippen molar-refractivity contribution in [3.05, 3.63) is 34.2 Å². The van der Waals surface area contributed by atoms with Gasteiger partial charge in [0, 0.05) is 10.1 Å². The molecule has 0 radical (unpaired) electrons. The van der Waals surface area contributed by atoms with Gasteiger partial charge in [-0.15, -0.1) is 0 Å². The van der Waals surface area contributed by atoms with Crippen molar-refractivity contribution in [1.82, 2.24) is 9.97 Å². The average molecular weight is 371 g/mol. The molecule has 0 unspecified atom stereocenters. The van der Waals surface area contributed by atoms with E-state index in [1.54, 1.807) is 7.11 Å². The van der Waals surface area contributed by atoms with Crippen molar-refractivity contribution < 1.29 is 9.47 Å². The molecule has 6 heteroatoms. The Kier molecular flexibility index (Phi) is 4.78. The van der Waals surface area contributed by atoms with Crippen LogP contribution in [0, 0.1) is 3.57 Å². The molecule has 100 valence electrons. The lowest BCUT2D eigenvalue weighted by molar-refractivity contribution is 0.369. The molecule has 0 amide bonds. The summed E-state index contributed by atoms with van der Waals surface area (Å²) in [4.78, 5) is 8.25. The lowest BCUT2D eigenvalue weighted by Gasteiger charge is -2.12. The van der Waals surface area contributed by atoms with Crippen LogP contribution in [0.4, 0.5) is 5.82 Å². The highest BCUT2D eigenvalue weighted by Gasteiger charge is 2.13. The first kappa shape index (κ1) is 13.9. The highest BCUT2D eigenvalue weighted by Crippen LogP contribution is 2.34. The molecule has 0 aliphatic rings. The predicted molar refractivity (Wildman–Crippen MR) is 82.0 cm³/mol. The molecule has 2 rings (SSSR count). The SMILES string of the molecule is CCNc1ncnc(Oc2cccc(I)c2)c1OC. The molecule has 0 aliphatic carbocycles. The minimum absolute atomic E-state index is 0.399. The molecule has 0 bridgehead atoms. The molecular weight excluding hydrogens is 357 g/mol. The van der Waals surface area contributed by atoms with E-state index in [9.17, 15) is 0 Å². The smallest absolute Gasteiger partial charge is 0.268 e. The lowest BCUT2D eigenvalue weighted by atomic mass is 10.3. The van der Waals surface area contributed by atoms with Crippen molar-refractivity contribution >= 4 is 28.4 Å². The van der Waals surface area contributed by atoms with Crippen LogP contribution < -0.4 is 14.8 Å². The second kappa shape index (κ2) is 6.55. The molecule has 1 aromatic carbocycles. The summed E-state index contributed by atoms with van der Waals surface area (Å²) < 4.78 is 12.2. The molecule has 0 fully saturated rings. The molecule has 0 atom stereocenters. The zero-order valence-electron chi connectivity index (χ0n) is 10.7. The van der Waals surface area contributed by atoms with Gasteiger partial charge in [0.25, 0.3) is 5.88 Å². The first-order valence-electron chi connectivity index (χ1n) is 5.81. The molecule has 1 N–H and O–H groups in total. The molecule has 0 aliphatic heterocycles. The summed E-state index contributed by atoms with van der Waals surface area (Å²) >= 11 is 2.23. The Morgan fingerprint density at radius 1 is 1.32 bits per heavy atom. The van der Waals surface area contributed by atoms with E-state index >= 15 is 0 Å². The zero-order chi connectivity index (χ0) is 13.7. The first-order valence-corrected chi connectivity index (χ1v) is 6.88. The van der Waals surface area contributed by atoms with Crippen molar-refractivity contribution in [2.45, 2.75) is 6.92 Å². The number of rotatable bonds is 5. The Labute approximate surface area is 125 Å². The topological polar surface area (TPSA) is 56.3 Å². The minimum atomic E-state index is 0.399. The predicted octanol–water partition coefficient (Wildman–Crippen LogP) is 3.31. The third kappa shape index (κ3) is 3.46. The molecule has 5 nitrogen and oxygen atoms in total. The first-order chi connectivity index (χ1) is 9.24. The summed E-state index contributed by atoms with van der Waals surface area (Å²) in [5, 5.41) is 3.11. The van der Waals surface area contributed by atoms with Crippen LogP contribution in [0.2, 0.25) is 0 Å². The van der Waals surface area contributed by atoms with Crippen molar-refractivity contribution in [2.75, 3.05) is 19.0 Å². The number of hydrogen-bond acceptors (Lipinski definition) is 5. The van der Waals surface area contributed by atoms with E-state index in [4.69, 9.17) is 9.47 Å². The fourth-order valence-electron chi connectivity index (χ4n) is 1.55. The maximum atomic E-state index is 5.75. The highest BCUT2D eigenvalue weighted by molar-refractivity contribution is 14.1. The van der Waals surface area contributed by atoms with Gasteiger partial charge in [0.15, 0.2) is 5.82 Å². The van der Waals surface area contributed by atoms with Gasteiger partial charge in [0.05, 0.1) is 7.11 Å². The second-order valence-corrected chi connectivity index (χ2v) is 4.90. The van der Waals surface area contributed by atoms with Gasteiger partial charge in [0.2, 0.25) is 5.75 Å². The molecule has 0 saturated carbocycles. The van der Waals surface area contributed by atoms with Crippen LogP contribution in [0.5, 0.6) is 17.4 Å². The highest BCUT2D eigenvalue weighted by atomic mass is 127. The normalized spacial score (nSPS) is 10.1. The number of halogens is 1. The third-order valence-corrected chi connectivity index (χ3v) is 3.00. The summed E-state index contributed by atoms with van der Waals surface area (Å²) in [5.41, 5.74) is 0. The van der Waals surface area contributed by atoms with Crippen LogP contribution in [0.1, 0.15) is 6.92 Å². The summed E-state index contributed by atoms with van der Waals surface area (Å²) in [5.74, 6) is 2.24. The molecular formula is C13H14IN3O2. The van der Waals surface area contributed by atoms with E-state index in [0.717, 1.165) is 10.1 Å². The van der Waals surface area contributed by atoms with Gasteiger partial charge in [-0.3, -0.25) is 0 Å². The Hall–Kier alpha value is -1.57. The summed E-state index contributed by atoms with van der Waals surface area (Å²) in [6.45, 7) is 2.73. The number of nitrogens with zero attached hydrogens (tertiary/aromatic N) is 2. The monoisotopic (exact) mass is 371 g/mol. The van der Waals surface area contributed by atoms with Gasteiger partial charge in [-0.25, -0.2) is 4.98 Å². The summed E-state index contributed by atoms with van der Waals surface area (Å²) in [6, 6.07) is 7.72. The second-order valence-electron chi connectivity index (χ2n) is 3.65. The maximum Gasteiger partial charge on any atom is 0.268 e. The number of ether oxygens (including phenoxy) is 2. The number of nitrogens with one attached hydrogen (secondary N) is 1. The molecule has 0 saturated heterocycles. The van der Waals surface area contributed by atoms with Crippen molar-refractivity contribution in [2.24, 2.45) is 0 Å². The third-order valence-electron chi connectivity index (χ3n) is 2.33. The van der Waals surface area contributed by atoms with E-state index in [2.05, 4.69) is 37.9 Å². The van der Waals surface area contributed by atoms with E-state index in [-0.39, 0.29) is 0 Å². The van der Waals surface area contributed by atoms with Crippen molar-refractivity contribution in [3.8, 4) is 17.4 Å². The van der Waals surface area contributed by atoms with Gasteiger partial charge >= 0.3 is 0 Å². The van der Waals surface area contributed by atoms with E-state index in [0.29, 0.717) is 23.2 Å². The van der Waals surface area contributed by atoms with Crippen LogP contribution in [-0.4, -0.2) is 23.6 Å². The van der Waals surface area contributed by atoms with E-state index in [1.165, 1.54) is 6.33 Å². The molecule has 1 heterocycles. The number of anilines is 1. The van der Waals surface area contributed by atoms with E-state index in [1.807, 2.05) is 31.2 Å². The van der Waals surface area contributed by atoms with Crippen LogP contribution in [0.15, 0.2) is 30.6 Å². The van der Waals surface area contributed by atoms with Crippen molar-refractivity contribution in [3.63, 3.8) is 0 Å². The molecule has 19 heavy (non-hydrogen) atoms. The van der Waals surface area contributed by atoms with Gasteiger partial charge in [0.1, 0.15) is 12.1 Å². The molecule has 1 aromatic heterocycles. The Morgan fingerprint density at radius 2 is 2.16 bits per heavy atom.